The molecule has 0 aliphatic heterocycles. The Kier molecular flexibility index (Phi) is 10.5. The van der Waals surface area contributed by atoms with E-state index < -0.39 is 10.0 Å². The number of nitrogens with zero attached hydrogens (tertiary/aromatic N) is 1. The van der Waals surface area contributed by atoms with Crippen molar-refractivity contribution < 1.29 is 22.7 Å². The molecule has 0 saturated heterocycles. The molecule has 1 heterocycles. The molecule has 1 aliphatic rings. The molecule has 1 fully saturated rings. The maximum atomic E-state index is 13.2. The molecule has 1 saturated carbocycles. The molecule has 1 aliphatic carbocycles. The van der Waals surface area contributed by atoms with Crippen LogP contribution >= 0.6 is 11.3 Å². The van der Waals surface area contributed by atoms with E-state index in [4.69, 9.17) is 4.74 Å². The average molecular weight is 599 g/mol. The first-order valence-electron chi connectivity index (χ1n) is 14.0. The molecule has 3 aromatic rings. The van der Waals surface area contributed by atoms with Gasteiger partial charge in [0.1, 0.15) is 0 Å². The lowest BCUT2D eigenvalue weighted by atomic mass is 9.86. The predicted octanol–water partition coefficient (Wildman–Crippen LogP) is 5.13. The molecule has 0 atom stereocenters. The predicted molar refractivity (Wildman–Crippen MR) is 160 cm³/mol. The Hall–Kier alpha value is -3.28. The fourth-order valence-corrected chi connectivity index (χ4v) is 7.42. The molecule has 2 aromatic carbocycles. The second-order valence-electron chi connectivity index (χ2n) is 10.5. The van der Waals surface area contributed by atoms with Gasteiger partial charge < -0.3 is 15.4 Å². The largest absolute Gasteiger partial charge is 0.447 e. The van der Waals surface area contributed by atoms with E-state index in [0.717, 1.165) is 41.1 Å². The van der Waals surface area contributed by atoms with Crippen molar-refractivity contribution in [3.63, 3.8) is 0 Å². The van der Waals surface area contributed by atoms with Gasteiger partial charge in [0.15, 0.2) is 0 Å². The van der Waals surface area contributed by atoms with Gasteiger partial charge >= 0.3 is 6.09 Å². The highest BCUT2D eigenvalue weighted by molar-refractivity contribution is 7.89. The molecule has 11 heteroatoms. The third-order valence-electron chi connectivity index (χ3n) is 6.90. The van der Waals surface area contributed by atoms with Crippen LogP contribution in [0.5, 0.6) is 0 Å². The van der Waals surface area contributed by atoms with Crippen LogP contribution in [-0.4, -0.2) is 44.1 Å². The van der Waals surface area contributed by atoms with Gasteiger partial charge in [-0.3, -0.25) is 4.79 Å². The number of thiazole rings is 1. The quantitative estimate of drug-likeness (QED) is 0.281. The summed E-state index contributed by atoms with van der Waals surface area (Å²) in [5.41, 5.74) is 2.17. The van der Waals surface area contributed by atoms with Crippen molar-refractivity contribution in [1.82, 2.24) is 20.3 Å². The maximum absolute atomic E-state index is 13.2. The van der Waals surface area contributed by atoms with Crippen molar-refractivity contribution in [2.24, 2.45) is 0 Å². The van der Waals surface area contributed by atoms with Crippen molar-refractivity contribution in [3.05, 3.63) is 70.9 Å². The van der Waals surface area contributed by atoms with E-state index in [1.54, 1.807) is 31.3 Å². The van der Waals surface area contributed by atoms with Crippen LogP contribution in [0.2, 0.25) is 0 Å². The van der Waals surface area contributed by atoms with E-state index >= 15 is 0 Å². The summed E-state index contributed by atoms with van der Waals surface area (Å²) < 4.78 is 34.2. The Balaban J connectivity index is 1.46. The topological polar surface area (TPSA) is 126 Å². The Morgan fingerprint density at radius 2 is 1.78 bits per heavy atom. The van der Waals surface area contributed by atoms with Crippen LogP contribution in [0.3, 0.4) is 0 Å². The molecule has 41 heavy (non-hydrogen) atoms. The fourth-order valence-electron chi connectivity index (χ4n) is 4.92. The van der Waals surface area contributed by atoms with Gasteiger partial charge in [-0.15, -0.1) is 11.3 Å². The zero-order valence-electron chi connectivity index (χ0n) is 23.7. The first kappa shape index (κ1) is 30.7. The molecule has 9 nitrogen and oxygen atoms in total. The van der Waals surface area contributed by atoms with Gasteiger partial charge in [0.2, 0.25) is 15.9 Å². The minimum absolute atomic E-state index is 0.0671. The van der Waals surface area contributed by atoms with Crippen LogP contribution < -0.4 is 15.4 Å². The summed E-state index contributed by atoms with van der Waals surface area (Å²) in [6.45, 7) is 6.03. The Labute approximate surface area is 246 Å². The number of amides is 2. The van der Waals surface area contributed by atoms with Crippen LogP contribution in [0.1, 0.15) is 68.5 Å². The molecule has 0 radical (unpaired) electrons. The van der Waals surface area contributed by atoms with E-state index in [0.29, 0.717) is 17.7 Å². The van der Waals surface area contributed by atoms with Gasteiger partial charge in [-0.1, -0.05) is 49.4 Å². The van der Waals surface area contributed by atoms with Crippen molar-refractivity contribution >= 4 is 33.4 Å². The SMILES string of the molecule is CCNS(=O)(=O)c1cc(CC(=O)NCc2ccccc2)ccc1-c1cnc(C2CCC(NC(=O)OC(C)C)CC2)s1. The first-order chi connectivity index (χ1) is 19.6. The molecular weight excluding hydrogens is 560 g/mol. The zero-order chi connectivity index (χ0) is 29.4. The lowest BCUT2D eigenvalue weighted by molar-refractivity contribution is -0.120. The summed E-state index contributed by atoms with van der Waals surface area (Å²) in [5, 5.41) is 6.80. The minimum atomic E-state index is -3.80. The van der Waals surface area contributed by atoms with E-state index in [2.05, 4.69) is 20.3 Å². The van der Waals surface area contributed by atoms with Gasteiger partial charge in [0, 0.05) is 36.8 Å². The van der Waals surface area contributed by atoms with Crippen LogP contribution in [0.25, 0.3) is 10.4 Å². The molecule has 0 unspecified atom stereocenters. The molecular formula is C30H38N4O5S2. The molecule has 4 rings (SSSR count). The highest BCUT2D eigenvalue weighted by Gasteiger charge is 2.27. The monoisotopic (exact) mass is 598 g/mol. The van der Waals surface area contributed by atoms with Crippen LogP contribution in [0.4, 0.5) is 4.79 Å². The summed E-state index contributed by atoms with van der Waals surface area (Å²) in [6.07, 6.45) is 4.66. The third kappa shape index (κ3) is 8.61. The molecule has 0 bridgehead atoms. The van der Waals surface area contributed by atoms with Gasteiger partial charge in [-0.05, 0) is 56.7 Å². The standard InChI is InChI=1S/C30H38N4O5S2/c1-4-33-41(37,38)27-16-22(17-28(35)31-18-21-8-6-5-7-9-21)10-15-25(27)26-19-32-29(40-26)23-11-13-24(14-12-23)34-30(36)39-20(2)3/h5-10,15-16,19-20,23-24,33H,4,11-14,17-18H2,1-3H3,(H,31,35)(H,34,36). The average Bonchev–Trinajstić information content (AvgIpc) is 3.43. The van der Waals surface area contributed by atoms with Crippen molar-refractivity contribution in [1.29, 1.82) is 0 Å². The number of rotatable bonds is 11. The number of carbonyl (C=O) groups excluding carboxylic acids is 2. The number of ether oxygens (including phenoxy) is 1. The highest BCUT2D eigenvalue weighted by Crippen LogP contribution is 2.39. The molecule has 2 amide bonds. The lowest BCUT2D eigenvalue weighted by Gasteiger charge is -2.28. The normalized spacial score (nSPS) is 17.3. The van der Waals surface area contributed by atoms with E-state index in [1.165, 1.54) is 11.3 Å². The van der Waals surface area contributed by atoms with Gasteiger partial charge in [-0.25, -0.2) is 22.9 Å². The number of nitrogens with one attached hydrogen (secondary N) is 3. The summed E-state index contributed by atoms with van der Waals surface area (Å²) >= 11 is 1.50. The molecule has 0 spiro atoms. The van der Waals surface area contributed by atoms with Crippen LogP contribution in [0, 0.1) is 0 Å². The van der Waals surface area contributed by atoms with Gasteiger partial charge in [0.25, 0.3) is 0 Å². The number of alkyl carbamates (subject to hydrolysis) is 1. The third-order valence-corrected chi connectivity index (χ3v) is 9.68. The van der Waals surface area contributed by atoms with E-state index in [1.807, 2.05) is 44.2 Å². The second-order valence-corrected chi connectivity index (χ2v) is 13.3. The molecule has 1 aromatic heterocycles. The summed E-state index contributed by atoms with van der Waals surface area (Å²) in [5.74, 6) is 0.0605. The Bertz CT molecular complexity index is 1430. The summed E-state index contributed by atoms with van der Waals surface area (Å²) in [7, 11) is -3.80. The Morgan fingerprint density at radius 1 is 1.05 bits per heavy atom. The summed E-state index contributed by atoms with van der Waals surface area (Å²) in [4.78, 5) is 30.1. The minimum Gasteiger partial charge on any atom is -0.447 e. The zero-order valence-corrected chi connectivity index (χ0v) is 25.3. The molecule has 220 valence electrons. The van der Waals surface area contributed by atoms with Gasteiger partial charge in [0.05, 0.1) is 27.3 Å². The van der Waals surface area contributed by atoms with Crippen molar-refractivity contribution in [2.45, 2.75) is 82.4 Å². The number of hydrogen-bond donors (Lipinski definition) is 3. The fraction of sp³-hybridized carbons (Fsp3) is 0.433. The van der Waals surface area contributed by atoms with Crippen LogP contribution in [-0.2, 0) is 32.5 Å². The van der Waals surface area contributed by atoms with E-state index in [9.17, 15) is 18.0 Å². The van der Waals surface area contributed by atoms with Crippen molar-refractivity contribution in [3.8, 4) is 10.4 Å². The second kappa shape index (κ2) is 14.1. The number of benzene rings is 2. The maximum Gasteiger partial charge on any atom is 0.407 e. The number of hydrogen-bond acceptors (Lipinski definition) is 7. The smallest absolute Gasteiger partial charge is 0.407 e. The van der Waals surface area contributed by atoms with Crippen LogP contribution in [0.15, 0.2) is 59.6 Å². The number of sulfonamides is 1. The van der Waals surface area contributed by atoms with E-state index in [-0.39, 0.29) is 47.9 Å². The number of carbonyl (C=O) groups is 2. The van der Waals surface area contributed by atoms with Gasteiger partial charge in [-0.2, -0.15) is 0 Å². The summed E-state index contributed by atoms with van der Waals surface area (Å²) in [6, 6.07) is 14.8. The Morgan fingerprint density at radius 3 is 2.46 bits per heavy atom. The number of aromatic nitrogens is 1. The molecule has 3 N–H and O–H groups in total. The first-order valence-corrected chi connectivity index (χ1v) is 16.3. The lowest BCUT2D eigenvalue weighted by Crippen LogP contribution is -2.38. The highest BCUT2D eigenvalue weighted by atomic mass is 32.2. The van der Waals surface area contributed by atoms with Crippen molar-refractivity contribution in [2.75, 3.05) is 6.54 Å².